The van der Waals surface area contributed by atoms with Crippen molar-refractivity contribution in [3.63, 3.8) is 0 Å². The summed E-state index contributed by atoms with van der Waals surface area (Å²) in [6.07, 6.45) is -1.31. The highest BCUT2D eigenvalue weighted by Crippen LogP contribution is 2.17. The minimum Gasteiger partial charge on any atom is -0.396 e. The third kappa shape index (κ3) is 5.59. The minimum absolute atomic E-state index is 0.0417. The van der Waals surface area contributed by atoms with Crippen molar-refractivity contribution in [2.24, 2.45) is 0 Å². The molecule has 0 amide bonds. The summed E-state index contributed by atoms with van der Waals surface area (Å²) in [4.78, 5) is 0. The highest BCUT2D eigenvalue weighted by molar-refractivity contribution is 5.62. The minimum atomic E-state index is -1.35. The van der Waals surface area contributed by atoms with Gasteiger partial charge in [0.05, 0.1) is 0 Å². The van der Waals surface area contributed by atoms with E-state index in [1.165, 1.54) is 11.1 Å². The Balaban J connectivity index is 0.000000232. The molecule has 96 valence electrons. The topological polar surface area (TPSA) is 60.7 Å². The van der Waals surface area contributed by atoms with Crippen molar-refractivity contribution in [2.45, 2.75) is 12.7 Å². The van der Waals surface area contributed by atoms with Crippen LogP contribution in [0.15, 0.2) is 60.7 Å². The van der Waals surface area contributed by atoms with Crippen molar-refractivity contribution < 1.29 is 15.3 Å². The number of rotatable bonds is 3. The molecule has 0 aliphatic carbocycles. The average Bonchev–Trinajstić information content (AvgIpc) is 2.41. The predicted molar refractivity (Wildman–Crippen MR) is 71.8 cm³/mol. The summed E-state index contributed by atoms with van der Waals surface area (Å²) in [5.74, 6) is 0. The van der Waals surface area contributed by atoms with Crippen LogP contribution in [0.3, 0.4) is 0 Å². The molecule has 2 aromatic carbocycles. The fraction of sp³-hybridized carbons (Fsp3) is 0.200. The molecule has 3 heteroatoms. The zero-order chi connectivity index (χ0) is 13.2. The molecule has 0 saturated heterocycles. The molecule has 0 saturated carbocycles. The van der Waals surface area contributed by atoms with Crippen molar-refractivity contribution >= 4 is 0 Å². The Labute approximate surface area is 107 Å². The van der Waals surface area contributed by atoms with Gasteiger partial charge in [-0.05, 0) is 11.1 Å². The van der Waals surface area contributed by atoms with Crippen molar-refractivity contribution in [1.29, 1.82) is 0 Å². The fourth-order valence-electron chi connectivity index (χ4n) is 1.38. The number of benzene rings is 2. The largest absolute Gasteiger partial charge is 0.396 e. The molecule has 3 nitrogen and oxygen atoms in total. The van der Waals surface area contributed by atoms with Gasteiger partial charge >= 0.3 is 0 Å². The lowest BCUT2D eigenvalue weighted by Gasteiger charge is -1.98. The fourth-order valence-corrected chi connectivity index (χ4v) is 1.38. The van der Waals surface area contributed by atoms with Gasteiger partial charge in [0, 0.05) is 13.0 Å². The van der Waals surface area contributed by atoms with E-state index in [0.717, 1.165) is 0 Å². The van der Waals surface area contributed by atoms with Crippen LogP contribution in [0.2, 0.25) is 0 Å². The van der Waals surface area contributed by atoms with Gasteiger partial charge in [0.25, 0.3) is 0 Å². The van der Waals surface area contributed by atoms with Crippen LogP contribution in [0.4, 0.5) is 0 Å². The van der Waals surface area contributed by atoms with Crippen LogP contribution in [0, 0.1) is 0 Å². The Morgan fingerprint density at radius 3 is 1.33 bits per heavy atom. The van der Waals surface area contributed by atoms with E-state index in [9.17, 15) is 0 Å². The molecule has 2 rings (SSSR count). The summed E-state index contributed by atoms with van der Waals surface area (Å²) >= 11 is 0. The Bertz CT molecular complexity index is 375. The van der Waals surface area contributed by atoms with Crippen molar-refractivity contribution in [3.8, 4) is 11.1 Å². The van der Waals surface area contributed by atoms with Gasteiger partial charge in [-0.2, -0.15) is 0 Å². The summed E-state index contributed by atoms with van der Waals surface area (Å²) < 4.78 is 0. The highest BCUT2D eigenvalue weighted by atomic mass is 16.5. The molecule has 0 aliphatic heterocycles. The molecule has 0 bridgehead atoms. The monoisotopic (exact) mass is 246 g/mol. The van der Waals surface area contributed by atoms with Crippen molar-refractivity contribution in [3.05, 3.63) is 60.7 Å². The smallest absolute Gasteiger partial charge is 0.153 e. The number of aliphatic hydroxyl groups excluding tert-OH is 2. The zero-order valence-corrected chi connectivity index (χ0v) is 10.1. The first kappa shape index (κ1) is 14.4. The zero-order valence-electron chi connectivity index (χ0n) is 10.1. The Morgan fingerprint density at radius 1 is 0.722 bits per heavy atom. The molecule has 0 aliphatic rings. The SMILES string of the molecule is OCCC(O)O.c1ccc(-c2ccccc2)cc1. The average molecular weight is 246 g/mol. The lowest BCUT2D eigenvalue weighted by molar-refractivity contribution is -0.0537. The molecule has 0 heterocycles. The Hall–Kier alpha value is -1.68. The standard InChI is InChI=1S/C12H10.C3H8O3/c1-3-7-11(8-4-1)12-9-5-2-6-10-12;4-2-1-3(5)6/h1-10H;3-6H,1-2H2. The molecule has 0 aromatic heterocycles. The Kier molecular flexibility index (Phi) is 6.72. The first-order valence-electron chi connectivity index (χ1n) is 5.81. The van der Waals surface area contributed by atoms with Gasteiger partial charge in [0.2, 0.25) is 0 Å². The summed E-state index contributed by atoms with van der Waals surface area (Å²) in [6, 6.07) is 20.8. The van der Waals surface area contributed by atoms with Gasteiger partial charge in [0.15, 0.2) is 6.29 Å². The summed E-state index contributed by atoms with van der Waals surface area (Å²) in [6.45, 7) is -0.169. The molecular formula is C15H18O3. The van der Waals surface area contributed by atoms with Gasteiger partial charge in [0.1, 0.15) is 0 Å². The number of hydrogen-bond acceptors (Lipinski definition) is 3. The van der Waals surface area contributed by atoms with E-state index in [1.54, 1.807) is 0 Å². The molecule has 18 heavy (non-hydrogen) atoms. The third-order valence-corrected chi connectivity index (χ3v) is 2.27. The molecule has 0 radical (unpaired) electrons. The van der Waals surface area contributed by atoms with Gasteiger partial charge in [-0.15, -0.1) is 0 Å². The molecular weight excluding hydrogens is 228 g/mol. The van der Waals surface area contributed by atoms with Crippen LogP contribution in [0.5, 0.6) is 0 Å². The van der Waals surface area contributed by atoms with Crippen LogP contribution in [0.1, 0.15) is 6.42 Å². The van der Waals surface area contributed by atoms with E-state index < -0.39 is 6.29 Å². The second kappa shape index (κ2) is 8.42. The quantitative estimate of drug-likeness (QED) is 0.726. The van der Waals surface area contributed by atoms with Crippen LogP contribution >= 0.6 is 0 Å². The van der Waals surface area contributed by atoms with Crippen LogP contribution in [0.25, 0.3) is 11.1 Å². The molecule has 2 aromatic rings. The van der Waals surface area contributed by atoms with Gasteiger partial charge in [-0.25, -0.2) is 0 Å². The lowest BCUT2D eigenvalue weighted by Crippen LogP contribution is -2.05. The third-order valence-electron chi connectivity index (χ3n) is 2.27. The Morgan fingerprint density at radius 2 is 1.11 bits per heavy atom. The molecule has 0 unspecified atom stereocenters. The van der Waals surface area contributed by atoms with E-state index in [0.29, 0.717) is 0 Å². The molecule has 0 fully saturated rings. The summed E-state index contributed by atoms with van der Waals surface area (Å²) in [5.41, 5.74) is 2.55. The molecule has 3 N–H and O–H groups in total. The second-order valence-electron chi connectivity index (χ2n) is 3.72. The number of hydrogen-bond donors (Lipinski definition) is 3. The van der Waals surface area contributed by atoms with Crippen molar-refractivity contribution in [1.82, 2.24) is 0 Å². The predicted octanol–water partition coefficient (Wildman–Crippen LogP) is 2.03. The van der Waals surface area contributed by atoms with Crippen LogP contribution < -0.4 is 0 Å². The summed E-state index contributed by atoms with van der Waals surface area (Å²) in [5, 5.41) is 23.8. The van der Waals surface area contributed by atoms with E-state index >= 15 is 0 Å². The molecule has 0 atom stereocenters. The van der Waals surface area contributed by atoms with Crippen molar-refractivity contribution in [2.75, 3.05) is 6.61 Å². The van der Waals surface area contributed by atoms with E-state index in [-0.39, 0.29) is 13.0 Å². The van der Waals surface area contributed by atoms with Gasteiger partial charge in [-0.1, -0.05) is 60.7 Å². The van der Waals surface area contributed by atoms with E-state index in [2.05, 4.69) is 48.5 Å². The maximum Gasteiger partial charge on any atom is 0.153 e. The van der Waals surface area contributed by atoms with Gasteiger partial charge < -0.3 is 15.3 Å². The number of aliphatic hydroxyl groups is 3. The van der Waals surface area contributed by atoms with Gasteiger partial charge in [-0.3, -0.25) is 0 Å². The second-order valence-corrected chi connectivity index (χ2v) is 3.72. The normalized spacial score (nSPS) is 9.78. The lowest BCUT2D eigenvalue weighted by atomic mass is 10.1. The van der Waals surface area contributed by atoms with Crippen LogP contribution in [-0.2, 0) is 0 Å². The first-order chi connectivity index (χ1) is 8.74. The maximum atomic E-state index is 7.95. The van der Waals surface area contributed by atoms with E-state index in [4.69, 9.17) is 15.3 Å². The maximum absolute atomic E-state index is 7.95. The molecule has 0 spiro atoms. The van der Waals surface area contributed by atoms with E-state index in [1.807, 2.05) is 12.1 Å². The summed E-state index contributed by atoms with van der Waals surface area (Å²) in [7, 11) is 0. The highest BCUT2D eigenvalue weighted by Gasteiger charge is 1.92. The first-order valence-corrected chi connectivity index (χ1v) is 5.81. The van der Waals surface area contributed by atoms with Crippen LogP contribution in [-0.4, -0.2) is 28.2 Å².